The third-order valence-electron chi connectivity index (χ3n) is 2.72. The van der Waals surface area contributed by atoms with Crippen LogP contribution in [0.2, 0.25) is 0 Å². The fourth-order valence-corrected chi connectivity index (χ4v) is 1.52. The lowest BCUT2D eigenvalue weighted by Crippen LogP contribution is -2.32. The smallest absolute Gasteiger partial charge is 0.273 e. The number of carbonyl (C=O) groups excluding carboxylic acids is 1. The molecule has 1 rings (SSSR count). The van der Waals surface area contributed by atoms with E-state index in [4.69, 9.17) is 0 Å². The number of hydrogen-bond donors (Lipinski definition) is 2. The van der Waals surface area contributed by atoms with Crippen molar-refractivity contribution in [3.8, 4) is 0 Å². The monoisotopic (exact) mass is 252 g/mol. The summed E-state index contributed by atoms with van der Waals surface area (Å²) >= 11 is 0. The quantitative estimate of drug-likeness (QED) is 0.612. The predicted octanol–water partition coefficient (Wildman–Crippen LogP) is 1.40. The fourth-order valence-electron chi connectivity index (χ4n) is 1.52. The van der Waals surface area contributed by atoms with Crippen LogP contribution in [0.25, 0.3) is 0 Å². The minimum Gasteiger partial charge on any atom is -0.391 e. The highest BCUT2D eigenvalue weighted by Gasteiger charge is 2.17. The molecule has 0 spiro atoms. The second-order valence-electron chi connectivity index (χ2n) is 3.98. The molecule has 0 aliphatic heterocycles. The second-order valence-corrected chi connectivity index (χ2v) is 3.98. The van der Waals surface area contributed by atoms with Crippen molar-refractivity contribution in [1.29, 1.82) is 0 Å². The first-order valence-corrected chi connectivity index (χ1v) is 5.67. The van der Waals surface area contributed by atoms with Crippen LogP contribution in [0.5, 0.6) is 0 Å². The largest absolute Gasteiger partial charge is 0.391 e. The van der Waals surface area contributed by atoms with Gasteiger partial charge in [0.25, 0.3) is 11.6 Å². The Morgan fingerprint density at radius 2 is 2.22 bits per heavy atom. The van der Waals surface area contributed by atoms with Crippen molar-refractivity contribution in [3.05, 3.63) is 39.4 Å². The van der Waals surface area contributed by atoms with Crippen LogP contribution in [0.4, 0.5) is 5.69 Å². The Hall–Kier alpha value is -1.95. The van der Waals surface area contributed by atoms with Gasteiger partial charge in [0.15, 0.2) is 0 Å². The van der Waals surface area contributed by atoms with E-state index in [-0.39, 0.29) is 17.8 Å². The molecular formula is C12H16N2O4. The van der Waals surface area contributed by atoms with E-state index in [1.54, 1.807) is 6.92 Å². The van der Waals surface area contributed by atoms with Gasteiger partial charge in [0.05, 0.1) is 11.0 Å². The van der Waals surface area contributed by atoms with Crippen LogP contribution in [0.15, 0.2) is 18.2 Å². The van der Waals surface area contributed by atoms with Crippen LogP contribution in [-0.2, 0) is 0 Å². The highest BCUT2D eigenvalue weighted by atomic mass is 16.6. The molecule has 1 atom stereocenters. The van der Waals surface area contributed by atoms with Crippen LogP contribution in [0.3, 0.4) is 0 Å². The van der Waals surface area contributed by atoms with Gasteiger partial charge in [-0.3, -0.25) is 14.9 Å². The van der Waals surface area contributed by atoms with Gasteiger partial charge in [0.1, 0.15) is 0 Å². The molecular weight excluding hydrogens is 236 g/mol. The second kappa shape index (κ2) is 6.11. The third kappa shape index (κ3) is 3.27. The normalized spacial score (nSPS) is 11.9. The van der Waals surface area contributed by atoms with E-state index in [0.29, 0.717) is 12.0 Å². The molecule has 0 heterocycles. The van der Waals surface area contributed by atoms with Gasteiger partial charge in [0.2, 0.25) is 0 Å². The molecule has 1 amide bonds. The van der Waals surface area contributed by atoms with Gasteiger partial charge in [-0.1, -0.05) is 13.0 Å². The molecule has 98 valence electrons. The summed E-state index contributed by atoms with van der Waals surface area (Å²) in [6, 6.07) is 4.35. The number of nitro groups is 1. The van der Waals surface area contributed by atoms with Gasteiger partial charge < -0.3 is 10.4 Å². The number of amides is 1. The zero-order chi connectivity index (χ0) is 13.7. The van der Waals surface area contributed by atoms with Gasteiger partial charge in [-0.25, -0.2) is 0 Å². The standard InChI is InChI=1S/C12H16N2O4/c1-3-9(15)7-13-12(16)10-5-4-6-11(8(10)2)14(17)18/h4-6,9,15H,3,7H2,1-2H3,(H,13,16). The van der Waals surface area contributed by atoms with E-state index in [9.17, 15) is 20.0 Å². The third-order valence-corrected chi connectivity index (χ3v) is 2.72. The molecule has 1 aromatic rings. The Morgan fingerprint density at radius 1 is 1.56 bits per heavy atom. The Morgan fingerprint density at radius 3 is 2.78 bits per heavy atom. The molecule has 18 heavy (non-hydrogen) atoms. The van der Waals surface area contributed by atoms with E-state index >= 15 is 0 Å². The van der Waals surface area contributed by atoms with Crippen LogP contribution in [-0.4, -0.2) is 28.6 Å². The molecule has 0 radical (unpaired) electrons. The topological polar surface area (TPSA) is 92.5 Å². The zero-order valence-electron chi connectivity index (χ0n) is 10.3. The van der Waals surface area contributed by atoms with E-state index in [1.165, 1.54) is 25.1 Å². The lowest BCUT2D eigenvalue weighted by Gasteiger charge is -2.10. The summed E-state index contributed by atoms with van der Waals surface area (Å²) in [7, 11) is 0. The first-order valence-electron chi connectivity index (χ1n) is 5.67. The molecule has 2 N–H and O–H groups in total. The molecule has 1 unspecified atom stereocenters. The van der Waals surface area contributed by atoms with E-state index in [0.717, 1.165) is 0 Å². The molecule has 0 saturated heterocycles. The average Bonchev–Trinajstić information content (AvgIpc) is 2.35. The Bertz CT molecular complexity index is 459. The van der Waals surface area contributed by atoms with E-state index in [2.05, 4.69) is 5.32 Å². The molecule has 0 aliphatic rings. The maximum absolute atomic E-state index is 11.8. The molecule has 6 nitrogen and oxygen atoms in total. The zero-order valence-corrected chi connectivity index (χ0v) is 10.3. The number of nitro benzene ring substituents is 1. The molecule has 0 saturated carbocycles. The van der Waals surface area contributed by atoms with Crippen molar-refractivity contribution in [3.63, 3.8) is 0 Å². The van der Waals surface area contributed by atoms with E-state index in [1.807, 2.05) is 0 Å². The highest BCUT2D eigenvalue weighted by Crippen LogP contribution is 2.20. The molecule has 0 bridgehead atoms. The van der Waals surface area contributed by atoms with Crippen molar-refractivity contribution in [2.24, 2.45) is 0 Å². The average molecular weight is 252 g/mol. The maximum Gasteiger partial charge on any atom is 0.273 e. The van der Waals surface area contributed by atoms with Crippen LogP contribution < -0.4 is 5.32 Å². The summed E-state index contributed by atoms with van der Waals surface area (Å²) in [6.45, 7) is 3.47. The number of benzene rings is 1. The summed E-state index contributed by atoms with van der Waals surface area (Å²) in [4.78, 5) is 22.0. The van der Waals surface area contributed by atoms with Crippen molar-refractivity contribution in [2.45, 2.75) is 26.4 Å². The first-order chi connectivity index (χ1) is 8.47. The summed E-state index contributed by atoms with van der Waals surface area (Å²) in [6.07, 6.45) is -0.0678. The van der Waals surface area contributed by atoms with Crippen LogP contribution >= 0.6 is 0 Å². The Labute approximate surface area is 105 Å². The number of nitrogens with one attached hydrogen (secondary N) is 1. The van der Waals surface area contributed by atoms with Crippen molar-refractivity contribution in [2.75, 3.05) is 6.54 Å². The van der Waals surface area contributed by atoms with Crippen LogP contribution in [0.1, 0.15) is 29.3 Å². The molecule has 0 aliphatic carbocycles. The molecule has 6 heteroatoms. The summed E-state index contributed by atoms with van der Waals surface area (Å²) in [5.41, 5.74) is 0.497. The van der Waals surface area contributed by atoms with Crippen molar-refractivity contribution >= 4 is 11.6 Å². The minimum atomic E-state index is -0.604. The minimum absolute atomic E-state index is 0.0845. The number of carbonyl (C=O) groups is 1. The van der Waals surface area contributed by atoms with Crippen molar-refractivity contribution < 1.29 is 14.8 Å². The molecule has 0 fully saturated rings. The highest BCUT2D eigenvalue weighted by molar-refractivity contribution is 5.96. The summed E-state index contributed by atoms with van der Waals surface area (Å²) in [5, 5.41) is 22.6. The van der Waals surface area contributed by atoms with Crippen molar-refractivity contribution in [1.82, 2.24) is 5.32 Å². The lowest BCUT2D eigenvalue weighted by molar-refractivity contribution is -0.385. The summed E-state index contributed by atoms with van der Waals surface area (Å²) in [5.74, 6) is -0.413. The predicted molar refractivity (Wildman–Crippen MR) is 66.5 cm³/mol. The summed E-state index contributed by atoms with van der Waals surface area (Å²) < 4.78 is 0. The molecule has 1 aromatic carbocycles. The van der Waals surface area contributed by atoms with E-state index < -0.39 is 16.9 Å². The number of aliphatic hydroxyl groups is 1. The number of rotatable bonds is 5. The van der Waals surface area contributed by atoms with Crippen LogP contribution in [0, 0.1) is 17.0 Å². The lowest BCUT2D eigenvalue weighted by atomic mass is 10.1. The number of aliphatic hydroxyl groups excluding tert-OH is 1. The van der Waals surface area contributed by atoms with Gasteiger partial charge in [-0.05, 0) is 19.4 Å². The maximum atomic E-state index is 11.8. The Kier molecular flexibility index (Phi) is 4.79. The van der Waals surface area contributed by atoms with Gasteiger partial charge in [-0.2, -0.15) is 0 Å². The molecule has 0 aromatic heterocycles. The number of hydrogen-bond acceptors (Lipinski definition) is 4. The Balaban J connectivity index is 2.86. The first kappa shape index (κ1) is 14.1. The number of nitrogens with zero attached hydrogens (tertiary/aromatic N) is 1. The van der Waals surface area contributed by atoms with Gasteiger partial charge in [-0.15, -0.1) is 0 Å². The van der Waals surface area contributed by atoms with Gasteiger partial charge >= 0.3 is 0 Å². The fraction of sp³-hybridized carbons (Fsp3) is 0.417. The van der Waals surface area contributed by atoms with Gasteiger partial charge in [0, 0.05) is 23.7 Å². The SMILES string of the molecule is CCC(O)CNC(=O)c1cccc([N+](=O)[O-])c1C.